The zero-order valence-electron chi connectivity index (χ0n) is 17.9. The molecule has 0 saturated heterocycles. The molecule has 0 radical (unpaired) electrons. The summed E-state index contributed by atoms with van der Waals surface area (Å²) in [6, 6.07) is 6.65. The molecular weight excluding hydrogens is 438 g/mol. The topological polar surface area (TPSA) is 75.6 Å². The Kier molecular flexibility index (Phi) is 5.92. The fourth-order valence-electron chi connectivity index (χ4n) is 3.72. The Morgan fingerprint density at radius 3 is 2.64 bits per heavy atom. The fourth-order valence-corrected chi connectivity index (χ4v) is 3.72. The van der Waals surface area contributed by atoms with Crippen LogP contribution in [-0.2, 0) is 12.6 Å². The molecule has 0 bridgehead atoms. The second-order valence-corrected chi connectivity index (χ2v) is 7.92. The number of H-pyrrole nitrogens is 1. The molecule has 2 N–H and O–H groups in total. The highest BCUT2D eigenvalue weighted by Gasteiger charge is 2.31. The summed E-state index contributed by atoms with van der Waals surface area (Å²) in [6.07, 6.45) is -0.0416. The first-order chi connectivity index (χ1) is 15.6. The lowest BCUT2D eigenvalue weighted by Gasteiger charge is -2.13. The molecule has 0 saturated carbocycles. The third-order valence-electron chi connectivity index (χ3n) is 5.30. The van der Waals surface area contributed by atoms with E-state index >= 15 is 0 Å². The lowest BCUT2D eigenvalue weighted by atomic mass is 10.1. The van der Waals surface area contributed by atoms with Gasteiger partial charge in [0.05, 0.1) is 23.0 Å². The minimum Gasteiger partial charge on any atom is -0.361 e. The second-order valence-electron chi connectivity index (χ2n) is 7.92. The maximum Gasteiger partial charge on any atom is 0.417 e. The molecule has 4 aromatic rings. The van der Waals surface area contributed by atoms with Gasteiger partial charge in [0.15, 0.2) is 5.82 Å². The van der Waals surface area contributed by atoms with Crippen LogP contribution in [0, 0.1) is 5.82 Å². The molecule has 33 heavy (non-hydrogen) atoms. The van der Waals surface area contributed by atoms with Crippen molar-refractivity contribution < 1.29 is 22.4 Å². The molecule has 172 valence electrons. The van der Waals surface area contributed by atoms with Gasteiger partial charge >= 0.3 is 6.18 Å². The second kappa shape index (κ2) is 8.68. The van der Waals surface area contributed by atoms with Crippen molar-refractivity contribution in [3.05, 3.63) is 77.1 Å². The van der Waals surface area contributed by atoms with Gasteiger partial charge in [-0.05, 0) is 48.2 Å². The van der Waals surface area contributed by atoms with Crippen LogP contribution in [0.15, 0.2) is 48.9 Å². The summed E-state index contributed by atoms with van der Waals surface area (Å²) in [5, 5.41) is 7.94. The molecule has 0 fully saturated rings. The molecule has 0 unspecified atom stereocenters. The molecule has 0 spiro atoms. The Hall–Kier alpha value is -3.69. The summed E-state index contributed by atoms with van der Waals surface area (Å²) in [6.45, 7) is 4.06. The molecule has 3 heterocycles. The van der Waals surface area contributed by atoms with Crippen LogP contribution in [0.1, 0.15) is 46.9 Å². The fraction of sp³-hybridized carbons (Fsp3) is 0.261. The number of alkyl halides is 3. The van der Waals surface area contributed by atoms with E-state index in [-0.39, 0.29) is 23.5 Å². The standard InChI is InChI=1S/C23H21F4N5O/c1-13(2)21-18(12-31-32(21)20-6-3-15(11-30-20)23(25,26)27)22(33)28-8-7-14-10-29-19-9-16(24)4-5-17(14)19/h3-6,9-13,29H,7-8H2,1-2H3,(H,28,33). The van der Waals surface area contributed by atoms with Crippen LogP contribution in [0.2, 0.25) is 0 Å². The molecule has 0 aliphatic heterocycles. The minimum atomic E-state index is -4.49. The third kappa shape index (κ3) is 4.59. The van der Waals surface area contributed by atoms with Crippen molar-refractivity contribution in [2.75, 3.05) is 6.54 Å². The maximum atomic E-state index is 13.4. The SMILES string of the molecule is CC(C)c1c(C(=O)NCCc2c[nH]c3cc(F)ccc23)cnn1-c1ccc(C(F)(F)F)cn1. The Labute approximate surface area is 186 Å². The van der Waals surface area contributed by atoms with Crippen LogP contribution in [0.5, 0.6) is 0 Å². The average molecular weight is 459 g/mol. The van der Waals surface area contributed by atoms with Crippen molar-refractivity contribution in [3.63, 3.8) is 0 Å². The summed E-state index contributed by atoms with van der Waals surface area (Å²) < 4.78 is 53.2. The monoisotopic (exact) mass is 459 g/mol. The average Bonchev–Trinajstić information content (AvgIpc) is 3.37. The number of rotatable bonds is 6. The van der Waals surface area contributed by atoms with Crippen molar-refractivity contribution in [3.8, 4) is 5.82 Å². The molecule has 3 aromatic heterocycles. The largest absolute Gasteiger partial charge is 0.417 e. The highest BCUT2D eigenvalue weighted by molar-refractivity contribution is 5.95. The van der Waals surface area contributed by atoms with Gasteiger partial charge in [-0.3, -0.25) is 4.79 Å². The molecule has 1 aromatic carbocycles. The molecule has 0 aliphatic rings. The zero-order valence-corrected chi connectivity index (χ0v) is 17.9. The normalized spacial score (nSPS) is 12.0. The van der Waals surface area contributed by atoms with Crippen molar-refractivity contribution >= 4 is 16.8 Å². The first-order valence-electron chi connectivity index (χ1n) is 10.3. The van der Waals surface area contributed by atoms with Gasteiger partial charge in [0.1, 0.15) is 5.82 Å². The van der Waals surface area contributed by atoms with Gasteiger partial charge in [0.2, 0.25) is 0 Å². The summed E-state index contributed by atoms with van der Waals surface area (Å²) >= 11 is 0. The van der Waals surface area contributed by atoms with E-state index < -0.39 is 11.7 Å². The predicted octanol–water partition coefficient (Wildman–Crippen LogP) is 5.00. The van der Waals surface area contributed by atoms with Crippen molar-refractivity contribution in [2.45, 2.75) is 32.4 Å². The van der Waals surface area contributed by atoms with Crippen LogP contribution in [-0.4, -0.2) is 32.2 Å². The summed E-state index contributed by atoms with van der Waals surface area (Å²) in [5.41, 5.74) is 1.64. The summed E-state index contributed by atoms with van der Waals surface area (Å²) in [5.74, 6) is -0.620. The number of pyridine rings is 1. The summed E-state index contributed by atoms with van der Waals surface area (Å²) in [7, 11) is 0. The van der Waals surface area contributed by atoms with E-state index in [1.165, 1.54) is 29.1 Å². The Bertz CT molecular complexity index is 1290. The van der Waals surface area contributed by atoms with E-state index in [1.807, 2.05) is 13.8 Å². The number of halogens is 4. The first-order valence-corrected chi connectivity index (χ1v) is 10.3. The number of nitrogens with zero attached hydrogens (tertiary/aromatic N) is 3. The number of hydrogen-bond acceptors (Lipinski definition) is 3. The summed E-state index contributed by atoms with van der Waals surface area (Å²) in [4.78, 5) is 19.7. The molecule has 0 aliphatic carbocycles. The number of nitrogens with one attached hydrogen (secondary N) is 2. The van der Waals surface area contributed by atoms with Crippen molar-refractivity contribution in [2.24, 2.45) is 0 Å². The van der Waals surface area contributed by atoms with Gasteiger partial charge in [0.25, 0.3) is 5.91 Å². The van der Waals surface area contributed by atoms with Crippen LogP contribution in [0.4, 0.5) is 17.6 Å². The number of aromatic amines is 1. The lowest BCUT2D eigenvalue weighted by molar-refractivity contribution is -0.137. The van der Waals surface area contributed by atoms with Gasteiger partial charge in [-0.1, -0.05) is 13.8 Å². The molecular formula is C23H21F4N5O. The zero-order chi connectivity index (χ0) is 23.8. The Balaban J connectivity index is 1.50. The molecule has 4 rings (SSSR count). The quantitative estimate of drug-likeness (QED) is 0.399. The Morgan fingerprint density at radius 1 is 1.18 bits per heavy atom. The van der Waals surface area contributed by atoms with Crippen molar-refractivity contribution in [1.29, 1.82) is 0 Å². The third-order valence-corrected chi connectivity index (χ3v) is 5.30. The number of amides is 1. The van der Waals surface area contributed by atoms with E-state index in [4.69, 9.17) is 0 Å². The minimum absolute atomic E-state index is 0.138. The van der Waals surface area contributed by atoms with Gasteiger partial charge in [-0.2, -0.15) is 18.3 Å². The highest BCUT2D eigenvalue weighted by atomic mass is 19.4. The van der Waals surface area contributed by atoms with E-state index in [0.29, 0.717) is 29.7 Å². The van der Waals surface area contributed by atoms with Crippen LogP contribution < -0.4 is 5.32 Å². The number of carbonyl (C=O) groups is 1. The van der Waals surface area contributed by atoms with E-state index in [2.05, 4.69) is 20.4 Å². The number of aromatic nitrogens is 4. The number of fused-ring (bicyclic) bond motifs is 1. The van der Waals surface area contributed by atoms with Gasteiger partial charge in [-0.25, -0.2) is 14.1 Å². The Morgan fingerprint density at radius 2 is 1.97 bits per heavy atom. The van der Waals surface area contributed by atoms with Crippen molar-refractivity contribution in [1.82, 2.24) is 25.1 Å². The number of hydrogen-bond donors (Lipinski definition) is 2. The smallest absolute Gasteiger partial charge is 0.361 e. The van der Waals surface area contributed by atoms with Crippen LogP contribution >= 0.6 is 0 Å². The maximum absolute atomic E-state index is 13.4. The highest BCUT2D eigenvalue weighted by Crippen LogP contribution is 2.29. The van der Waals surface area contributed by atoms with E-state index in [9.17, 15) is 22.4 Å². The molecule has 0 atom stereocenters. The lowest BCUT2D eigenvalue weighted by Crippen LogP contribution is -2.26. The predicted molar refractivity (Wildman–Crippen MR) is 115 cm³/mol. The van der Waals surface area contributed by atoms with Gasteiger partial charge in [-0.15, -0.1) is 0 Å². The van der Waals surface area contributed by atoms with E-state index in [1.54, 1.807) is 12.3 Å². The first kappa shape index (κ1) is 22.5. The number of carbonyl (C=O) groups excluding carboxylic acids is 1. The molecule has 1 amide bonds. The van der Waals surface area contributed by atoms with Gasteiger partial charge < -0.3 is 10.3 Å². The molecule has 6 nitrogen and oxygen atoms in total. The van der Waals surface area contributed by atoms with Gasteiger partial charge in [0, 0.05) is 29.8 Å². The van der Waals surface area contributed by atoms with E-state index in [0.717, 1.165) is 23.2 Å². The molecule has 10 heteroatoms. The van der Waals surface area contributed by atoms with Crippen LogP contribution in [0.25, 0.3) is 16.7 Å². The number of benzene rings is 1. The van der Waals surface area contributed by atoms with Crippen LogP contribution in [0.3, 0.4) is 0 Å².